The molecule has 0 atom stereocenters. The lowest BCUT2D eigenvalue weighted by atomic mass is 10.0. The maximum absolute atomic E-state index is 14.0. The Kier molecular flexibility index (Phi) is 7.36. The largest absolute Gasteiger partial charge is 0.496 e. The zero-order valence-corrected chi connectivity index (χ0v) is 22.7. The lowest BCUT2D eigenvalue weighted by molar-refractivity contribution is -0.137. The van der Waals surface area contributed by atoms with Crippen LogP contribution in [-0.2, 0) is 23.3 Å². The van der Waals surface area contributed by atoms with Gasteiger partial charge in [0, 0.05) is 25.7 Å². The smallest absolute Gasteiger partial charge is 0.333 e. The van der Waals surface area contributed by atoms with Crippen LogP contribution in [0, 0.1) is 12.7 Å². The normalized spacial score (nSPS) is 11.6. The molecule has 0 spiro atoms. The Morgan fingerprint density at radius 3 is 2.58 bits per heavy atom. The quantitative estimate of drug-likeness (QED) is 0.303. The van der Waals surface area contributed by atoms with Crippen molar-refractivity contribution in [3.05, 3.63) is 81.0 Å². The van der Waals surface area contributed by atoms with Crippen molar-refractivity contribution >= 4 is 27.5 Å². The lowest BCUT2D eigenvalue weighted by Gasteiger charge is -2.30. The van der Waals surface area contributed by atoms with Crippen molar-refractivity contribution in [1.29, 1.82) is 0 Å². The molecular weight excluding hydrogens is 511 g/mol. The summed E-state index contributed by atoms with van der Waals surface area (Å²) in [4.78, 5) is 44.5. The molecule has 0 saturated heterocycles. The van der Waals surface area contributed by atoms with Crippen LogP contribution in [0.3, 0.4) is 0 Å². The van der Waals surface area contributed by atoms with Gasteiger partial charge in [0.2, 0.25) is 5.91 Å². The highest BCUT2D eigenvalue weighted by atomic mass is 32.1. The molecule has 38 heavy (non-hydrogen) atoms. The third kappa shape index (κ3) is 4.55. The summed E-state index contributed by atoms with van der Waals surface area (Å²) in [6, 6.07) is 4.18. The van der Waals surface area contributed by atoms with Gasteiger partial charge in [-0.25, -0.2) is 13.8 Å². The molecule has 0 aliphatic carbocycles. The highest BCUT2D eigenvalue weighted by Crippen LogP contribution is 2.31. The van der Waals surface area contributed by atoms with E-state index in [9.17, 15) is 18.8 Å². The van der Waals surface area contributed by atoms with E-state index in [1.807, 2.05) is 0 Å². The summed E-state index contributed by atoms with van der Waals surface area (Å²) < 4.78 is 21.8. The molecule has 4 aromatic rings. The number of halogens is 1. The molecule has 0 aliphatic heterocycles. The third-order valence-corrected chi connectivity index (χ3v) is 7.75. The Labute approximate surface area is 222 Å². The molecule has 0 unspecified atom stereocenters. The highest BCUT2D eigenvalue weighted by Gasteiger charge is 2.37. The van der Waals surface area contributed by atoms with Crippen LogP contribution in [0.5, 0.6) is 5.75 Å². The minimum absolute atomic E-state index is 0.105. The number of nitrogens with zero attached hydrogens (tertiary/aromatic N) is 6. The van der Waals surface area contributed by atoms with Crippen LogP contribution in [0.15, 0.2) is 52.8 Å². The molecule has 3 heterocycles. The van der Waals surface area contributed by atoms with Crippen LogP contribution >= 0.6 is 11.3 Å². The van der Waals surface area contributed by atoms with Gasteiger partial charge in [0.05, 0.1) is 24.9 Å². The second-order valence-electron chi connectivity index (χ2n) is 9.35. The van der Waals surface area contributed by atoms with Gasteiger partial charge in [0.1, 0.15) is 26.9 Å². The summed E-state index contributed by atoms with van der Waals surface area (Å²) in [7, 11) is 3.07. The number of thiophene rings is 1. The van der Waals surface area contributed by atoms with E-state index >= 15 is 0 Å². The predicted molar refractivity (Wildman–Crippen MR) is 144 cm³/mol. The Bertz CT molecular complexity index is 1630. The van der Waals surface area contributed by atoms with E-state index in [1.54, 1.807) is 33.9 Å². The number of benzene rings is 1. The van der Waals surface area contributed by atoms with E-state index < -0.39 is 28.5 Å². The topological polar surface area (TPSA) is 104 Å². The van der Waals surface area contributed by atoms with Gasteiger partial charge in [-0.05, 0) is 51.0 Å². The van der Waals surface area contributed by atoms with Gasteiger partial charge in [0.15, 0.2) is 0 Å². The first-order chi connectivity index (χ1) is 18.0. The van der Waals surface area contributed by atoms with Crippen LogP contribution in [0.1, 0.15) is 25.0 Å². The Hall–Kier alpha value is -4.06. The van der Waals surface area contributed by atoms with Crippen LogP contribution < -0.4 is 16.0 Å². The minimum Gasteiger partial charge on any atom is -0.496 e. The fourth-order valence-electron chi connectivity index (χ4n) is 4.55. The van der Waals surface area contributed by atoms with Gasteiger partial charge < -0.3 is 9.64 Å². The van der Waals surface area contributed by atoms with Gasteiger partial charge in [-0.1, -0.05) is 17.4 Å². The Morgan fingerprint density at radius 1 is 1.26 bits per heavy atom. The number of methoxy groups -OCH3 is 1. The molecule has 4 rings (SSSR count). The van der Waals surface area contributed by atoms with Crippen LogP contribution in [-0.4, -0.2) is 55.6 Å². The molecule has 3 aromatic heterocycles. The SMILES string of the molecule is C=CCN(C)C(=O)C(C)(C)n1c(=O)c2c(C)c(-n3nccn3)sc2n(CCc2cc(F)ccc2OC)c1=O. The number of carbonyl (C=O) groups excluding carboxylic acids is 1. The standard InChI is InChI=1S/C26H29FN6O4S/c1-7-13-30(5)24(35)26(3,4)32-21(34)20-16(2)22(33-28-11-12-29-33)38-23(20)31(25(32)36)14-10-17-15-18(27)8-9-19(17)37-6/h7-9,11-12,15H,1,10,13-14H2,2-6H3. The maximum Gasteiger partial charge on any atom is 0.333 e. The third-order valence-electron chi connectivity index (χ3n) is 6.47. The van der Waals surface area contributed by atoms with Gasteiger partial charge in [-0.2, -0.15) is 10.2 Å². The highest BCUT2D eigenvalue weighted by molar-refractivity contribution is 7.21. The van der Waals surface area contributed by atoms with E-state index in [4.69, 9.17) is 4.74 Å². The van der Waals surface area contributed by atoms with Crippen molar-refractivity contribution in [2.75, 3.05) is 20.7 Å². The van der Waals surface area contributed by atoms with Gasteiger partial charge in [0.25, 0.3) is 5.56 Å². The van der Waals surface area contributed by atoms with Gasteiger partial charge >= 0.3 is 5.69 Å². The van der Waals surface area contributed by atoms with E-state index in [-0.39, 0.29) is 19.5 Å². The fourth-order valence-corrected chi connectivity index (χ4v) is 5.79. The van der Waals surface area contributed by atoms with Crippen molar-refractivity contribution in [3.8, 4) is 10.8 Å². The minimum atomic E-state index is -1.50. The summed E-state index contributed by atoms with van der Waals surface area (Å²) >= 11 is 1.20. The molecule has 200 valence electrons. The van der Waals surface area contributed by atoms with Crippen LogP contribution in [0.25, 0.3) is 15.2 Å². The molecule has 0 aliphatic rings. The zero-order valence-electron chi connectivity index (χ0n) is 21.9. The summed E-state index contributed by atoms with van der Waals surface area (Å²) in [5.41, 5.74) is -1.59. The van der Waals surface area contributed by atoms with Crippen LogP contribution in [0.4, 0.5) is 4.39 Å². The molecule has 0 bridgehead atoms. The van der Waals surface area contributed by atoms with Crippen molar-refractivity contribution in [3.63, 3.8) is 0 Å². The number of aryl methyl sites for hydroxylation is 3. The molecule has 1 amide bonds. The first-order valence-corrected chi connectivity index (χ1v) is 12.7. The molecular formula is C26H29FN6O4S. The Balaban J connectivity index is 1.97. The number of hydrogen-bond donors (Lipinski definition) is 0. The summed E-state index contributed by atoms with van der Waals surface area (Å²) in [6.07, 6.45) is 4.84. The molecule has 0 N–H and O–H groups in total. The van der Waals surface area contributed by atoms with Crippen LogP contribution in [0.2, 0.25) is 0 Å². The second-order valence-corrected chi connectivity index (χ2v) is 10.3. The van der Waals surface area contributed by atoms with Crippen molar-refractivity contribution in [1.82, 2.24) is 29.0 Å². The molecule has 0 saturated carbocycles. The first kappa shape index (κ1) is 27.0. The van der Waals surface area contributed by atoms with E-state index in [0.29, 0.717) is 32.1 Å². The van der Waals surface area contributed by atoms with E-state index in [0.717, 1.165) is 4.57 Å². The monoisotopic (exact) mass is 540 g/mol. The number of aromatic nitrogens is 5. The molecule has 0 fully saturated rings. The lowest BCUT2D eigenvalue weighted by Crippen LogP contribution is -2.56. The number of rotatable bonds is 9. The van der Waals surface area contributed by atoms with Gasteiger partial charge in [-0.3, -0.25) is 14.2 Å². The summed E-state index contributed by atoms with van der Waals surface area (Å²) in [5, 5.41) is 9.23. The predicted octanol–water partition coefficient (Wildman–Crippen LogP) is 2.88. The summed E-state index contributed by atoms with van der Waals surface area (Å²) in [5.74, 6) is -0.371. The maximum atomic E-state index is 14.0. The Morgan fingerprint density at radius 2 is 1.95 bits per heavy atom. The van der Waals surface area contributed by atoms with Gasteiger partial charge in [-0.15, -0.1) is 11.4 Å². The van der Waals surface area contributed by atoms with Crippen molar-refractivity contribution in [2.45, 2.75) is 39.3 Å². The number of amides is 1. The molecule has 0 radical (unpaired) electrons. The second kappa shape index (κ2) is 10.4. The zero-order chi connectivity index (χ0) is 27.8. The van der Waals surface area contributed by atoms with Crippen molar-refractivity contribution in [2.24, 2.45) is 0 Å². The van der Waals surface area contributed by atoms with E-state index in [1.165, 1.54) is 63.3 Å². The number of carbonyl (C=O) groups is 1. The molecule has 12 heteroatoms. The number of ether oxygens (including phenoxy) is 1. The fraction of sp³-hybridized carbons (Fsp3) is 0.346. The van der Waals surface area contributed by atoms with Crippen molar-refractivity contribution < 1.29 is 13.9 Å². The number of likely N-dealkylation sites (N-methyl/N-ethyl adjacent to an activating group) is 1. The average Bonchev–Trinajstić information content (AvgIpc) is 3.51. The number of fused-ring (bicyclic) bond motifs is 1. The average molecular weight is 541 g/mol. The molecule has 10 nitrogen and oxygen atoms in total. The van der Waals surface area contributed by atoms with E-state index in [2.05, 4.69) is 16.8 Å². The molecule has 1 aromatic carbocycles. The number of hydrogen-bond acceptors (Lipinski definition) is 7. The first-order valence-electron chi connectivity index (χ1n) is 11.9. The summed E-state index contributed by atoms with van der Waals surface area (Å²) in [6.45, 7) is 8.86.